The summed E-state index contributed by atoms with van der Waals surface area (Å²) in [6.07, 6.45) is 0. The van der Waals surface area contributed by atoms with E-state index in [1.165, 1.54) is 17.4 Å². The lowest BCUT2D eigenvalue weighted by Gasteiger charge is -2.00. The van der Waals surface area contributed by atoms with Crippen molar-refractivity contribution in [1.29, 1.82) is 0 Å². The van der Waals surface area contributed by atoms with Gasteiger partial charge >= 0.3 is 0 Å². The lowest BCUT2D eigenvalue weighted by atomic mass is 10.1. The SMILES string of the molecule is Cc1cc(-c2cccc(F)c2F)cs1. The van der Waals surface area contributed by atoms with Gasteiger partial charge in [-0.25, -0.2) is 8.78 Å². The molecule has 0 nitrogen and oxygen atoms in total. The van der Waals surface area contributed by atoms with Crippen molar-refractivity contribution in [1.82, 2.24) is 0 Å². The number of hydrogen-bond donors (Lipinski definition) is 0. The fourth-order valence-electron chi connectivity index (χ4n) is 1.31. The number of rotatable bonds is 1. The maximum atomic E-state index is 13.3. The van der Waals surface area contributed by atoms with E-state index in [-0.39, 0.29) is 0 Å². The number of halogens is 2. The molecule has 0 spiro atoms. The molecule has 0 radical (unpaired) electrons. The molecule has 72 valence electrons. The van der Waals surface area contributed by atoms with Crippen molar-refractivity contribution < 1.29 is 8.78 Å². The predicted molar refractivity (Wildman–Crippen MR) is 54.4 cm³/mol. The molecular weight excluding hydrogens is 202 g/mol. The number of benzene rings is 1. The molecule has 0 amide bonds. The Balaban J connectivity index is 2.57. The van der Waals surface area contributed by atoms with Crippen molar-refractivity contribution >= 4 is 11.3 Å². The lowest BCUT2D eigenvalue weighted by Crippen LogP contribution is -1.87. The average molecular weight is 210 g/mol. The molecule has 0 aliphatic carbocycles. The minimum atomic E-state index is -0.800. The summed E-state index contributed by atoms with van der Waals surface area (Å²) in [6.45, 7) is 1.94. The monoisotopic (exact) mass is 210 g/mol. The Morgan fingerprint density at radius 2 is 2.00 bits per heavy atom. The van der Waals surface area contributed by atoms with E-state index in [0.29, 0.717) is 5.56 Å². The number of thiophene rings is 1. The first-order chi connectivity index (χ1) is 6.68. The van der Waals surface area contributed by atoms with Gasteiger partial charge in [0.1, 0.15) is 0 Å². The zero-order chi connectivity index (χ0) is 10.1. The summed E-state index contributed by atoms with van der Waals surface area (Å²) in [5.41, 5.74) is 1.07. The molecule has 0 atom stereocenters. The van der Waals surface area contributed by atoms with Crippen LogP contribution in [0.4, 0.5) is 8.78 Å². The first kappa shape index (κ1) is 9.34. The molecule has 2 aromatic rings. The van der Waals surface area contributed by atoms with E-state index in [4.69, 9.17) is 0 Å². The maximum absolute atomic E-state index is 13.3. The highest BCUT2D eigenvalue weighted by molar-refractivity contribution is 7.10. The second kappa shape index (κ2) is 3.50. The van der Waals surface area contributed by atoms with Crippen LogP contribution >= 0.6 is 11.3 Å². The van der Waals surface area contributed by atoms with E-state index in [2.05, 4.69) is 0 Å². The summed E-state index contributed by atoms with van der Waals surface area (Å²) in [7, 11) is 0. The first-order valence-electron chi connectivity index (χ1n) is 4.18. The van der Waals surface area contributed by atoms with Gasteiger partial charge in [-0.3, -0.25) is 0 Å². The third-order valence-corrected chi connectivity index (χ3v) is 2.85. The van der Waals surface area contributed by atoms with Crippen LogP contribution in [0.1, 0.15) is 4.88 Å². The molecule has 0 unspecified atom stereocenters. The molecule has 0 aliphatic rings. The fraction of sp³-hybridized carbons (Fsp3) is 0.0909. The van der Waals surface area contributed by atoms with Gasteiger partial charge in [0.15, 0.2) is 11.6 Å². The molecule has 0 aliphatic heterocycles. The molecule has 14 heavy (non-hydrogen) atoms. The Morgan fingerprint density at radius 1 is 1.21 bits per heavy atom. The van der Waals surface area contributed by atoms with Crippen LogP contribution in [0.5, 0.6) is 0 Å². The fourth-order valence-corrected chi connectivity index (χ4v) is 2.01. The van der Waals surface area contributed by atoms with Crippen molar-refractivity contribution in [2.24, 2.45) is 0 Å². The molecule has 0 saturated heterocycles. The van der Waals surface area contributed by atoms with Crippen LogP contribution in [-0.2, 0) is 0 Å². The van der Waals surface area contributed by atoms with Crippen molar-refractivity contribution in [2.75, 3.05) is 0 Å². The molecule has 1 aromatic heterocycles. The molecular formula is C11H8F2S. The maximum Gasteiger partial charge on any atom is 0.166 e. The van der Waals surface area contributed by atoms with E-state index in [1.807, 2.05) is 18.4 Å². The molecule has 2 rings (SSSR count). The van der Waals surface area contributed by atoms with Gasteiger partial charge in [0.2, 0.25) is 0 Å². The second-order valence-corrected chi connectivity index (χ2v) is 4.16. The van der Waals surface area contributed by atoms with Crippen LogP contribution in [0.3, 0.4) is 0 Å². The van der Waals surface area contributed by atoms with Gasteiger partial charge in [-0.05, 0) is 30.0 Å². The summed E-state index contributed by atoms with van der Waals surface area (Å²) in [5.74, 6) is -1.57. The van der Waals surface area contributed by atoms with Gasteiger partial charge in [0.05, 0.1) is 0 Å². The Morgan fingerprint density at radius 3 is 2.64 bits per heavy atom. The van der Waals surface area contributed by atoms with Gasteiger partial charge < -0.3 is 0 Å². The van der Waals surface area contributed by atoms with E-state index in [9.17, 15) is 8.78 Å². The lowest BCUT2D eigenvalue weighted by molar-refractivity contribution is 0.511. The quantitative estimate of drug-likeness (QED) is 0.667. The first-order valence-corrected chi connectivity index (χ1v) is 5.06. The van der Waals surface area contributed by atoms with E-state index >= 15 is 0 Å². The van der Waals surface area contributed by atoms with Crippen molar-refractivity contribution in [2.45, 2.75) is 6.92 Å². The third kappa shape index (κ3) is 1.55. The normalized spacial score (nSPS) is 10.5. The molecule has 0 saturated carbocycles. The molecule has 3 heteroatoms. The van der Waals surface area contributed by atoms with Crippen LogP contribution in [0.2, 0.25) is 0 Å². The number of hydrogen-bond acceptors (Lipinski definition) is 1. The highest BCUT2D eigenvalue weighted by Gasteiger charge is 2.09. The Hall–Kier alpha value is -1.22. The highest BCUT2D eigenvalue weighted by Crippen LogP contribution is 2.28. The van der Waals surface area contributed by atoms with Crippen LogP contribution in [-0.4, -0.2) is 0 Å². The Labute approximate surface area is 84.8 Å². The standard InChI is InChI=1S/C11H8F2S/c1-7-5-8(6-14-7)9-3-2-4-10(12)11(9)13/h2-6H,1H3. The van der Waals surface area contributed by atoms with Gasteiger partial charge in [-0.15, -0.1) is 11.3 Å². The van der Waals surface area contributed by atoms with Gasteiger partial charge in [0.25, 0.3) is 0 Å². The van der Waals surface area contributed by atoms with Crippen LogP contribution in [0.15, 0.2) is 29.6 Å². The summed E-state index contributed by atoms with van der Waals surface area (Å²) < 4.78 is 26.2. The van der Waals surface area contributed by atoms with Crippen molar-refractivity contribution in [3.05, 3.63) is 46.2 Å². The largest absolute Gasteiger partial charge is 0.204 e. The van der Waals surface area contributed by atoms with Crippen LogP contribution in [0.25, 0.3) is 11.1 Å². The van der Waals surface area contributed by atoms with Gasteiger partial charge in [-0.2, -0.15) is 0 Å². The molecule has 0 bridgehead atoms. The minimum Gasteiger partial charge on any atom is -0.204 e. The van der Waals surface area contributed by atoms with Gasteiger partial charge in [0, 0.05) is 10.4 Å². The average Bonchev–Trinajstić information content (AvgIpc) is 2.57. The summed E-state index contributed by atoms with van der Waals surface area (Å²) in [5, 5.41) is 1.83. The molecule has 1 heterocycles. The Bertz CT molecular complexity index is 460. The summed E-state index contributed by atoms with van der Waals surface area (Å²) >= 11 is 1.52. The van der Waals surface area contributed by atoms with E-state index in [0.717, 1.165) is 16.5 Å². The highest BCUT2D eigenvalue weighted by atomic mass is 32.1. The molecule has 0 fully saturated rings. The van der Waals surface area contributed by atoms with E-state index < -0.39 is 11.6 Å². The minimum absolute atomic E-state index is 0.328. The molecule has 0 N–H and O–H groups in total. The van der Waals surface area contributed by atoms with Crippen LogP contribution < -0.4 is 0 Å². The van der Waals surface area contributed by atoms with Crippen molar-refractivity contribution in [3.63, 3.8) is 0 Å². The van der Waals surface area contributed by atoms with Crippen LogP contribution in [0, 0.1) is 18.6 Å². The summed E-state index contributed by atoms with van der Waals surface area (Å²) in [6, 6.07) is 6.07. The van der Waals surface area contributed by atoms with E-state index in [1.54, 1.807) is 6.07 Å². The van der Waals surface area contributed by atoms with Gasteiger partial charge in [-0.1, -0.05) is 12.1 Å². The Kier molecular flexibility index (Phi) is 2.33. The number of aryl methyl sites for hydroxylation is 1. The van der Waals surface area contributed by atoms with Crippen molar-refractivity contribution in [3.8, 4) is 11.1 Å². The zero-order valence-electron chi connectivity index (χ0n) is 7.55. The smallest absolute Gasteiger partial charge is 0.166 e. The third-order valence-electron chi connectivity index (χ3n) is 1.99. The summed E-state index contributed by atoms with van der Waals surface area (Å²) in [4.78, 5) is 1.09. The molecule has 1 aromatic carbocycles. The topological polar surface area (TPSA) is 0 Å². The zero-order valence-corrected chi connectivity index (χ0v) is 8.37. The second-order valence-electron chi connectivity index (χ2n) is 3.05. The predicted octanol–water partition coefficient (Wildman–Crippen LogP) is 4.00.